The highest BCUT2D eigenvalue weighted by atomic mass is 35.5. The van der Waals surface area contributed by atoms with Crippen LogP contribution < -0.4 is 10.6 Å². The molecule has 0 atom stereocenters. The lowest BCUT2D eigenvalue weighted by molar-refractivity contribution is -0.132. The van der Waals surface area contributed by atoms with E-state index in [9.17, 15) is 9.59 Å². The fourth-order valence-corrected chi connectivity index (χ4v) is 2.83. The minimum absolute atomic E-state index is 0.346. The molecule has 5 nitrogen and oxygen atoms in total. The second kappa shape index (κ2) is 6.43. The molecular weight excluding hydrogens is 333 g/mol. The molecule has 0 saturated heterocycles. The number of anilines is 2. The van der Waals surface area contributed by atoms with Crippen LogP contribution in [-0.2, 0) is 9.59 Å². The second-order valence-corrected chi connectivity index (χ2v) is 6.30. The number of aromatic nitrogens is 1. The van der Waals surface area contributed by atoms with E-state index in [0.29, 0.717) is 20.9 Å². The summed E-state index contributed by atoms with van der Waals surface area (Å²) in [6.07, 6.45) is 0. The normalized spacial score (nSPS) is 10.3. The monoisotopic (exact) mass is 343 g/mol. The van der Waals surface area contributed by atoms with Crippen LogP contribution in [0.2, 0.25) is 10.0 Å². The SMILES string of the molecule is Cc1nc(NC(=O)C(=O)Nc2cc(Cl)cc(Cl)c2)sc1C. The molecule has 2 amide bonds. The van der Waals surface area contributed by atoms with E-state index in [2.05, 4.69) is 15.6 Å². The Morgan fingerprint density at radius 3 is 2.14 bits per heavy atom. The number of carbonyl (C=O) groups is 2. The fourth-order valence-electron chi connectivity index (χ4n) is 1.49. The number of thiazole rings is 1. The van der Waals surface area contributed by atoms with Gasteiger partial charge in [0.1, 0.15) is 0 Å². The average molecular weight is 344 g/mol. The maximum Gasteiger partial charge on any atom is 0.315 e. The summed E-state index contributed by atoms with van der Waals surface area (Å²) in [5, 5.41) is 5.98. The highest BCUT2D eigenvalue weighted by Crippen LogP contribution is 2.23. The van der Waals surface area contributed by atoms with Crippen molar-refractivity contribution in [3.05, 3.63) is 38.8 Å². The number of aryl methyl sites for hydroxylation is 2. The van der Waals surface area contributed by atoms with Crippen LogP contribution in [0.1, 0.15) is 10.6 Å². The Morgan fingerprint density at radius 2 is 1.62 bits per heavy atom. The molecule has 1 heterocycles. The lowest BCUT2D eigenvalue weighted by atomic mass is 10.3. The first-order chi connectivity index (χ1) is 9.85. The van der Waals surface area contributed by atoms with Crippen LogP contribution in [0.4, 0.5) is 10.8 Å². The van der Waals surface area contributed by atoms with E-state index in [1.807, 2.05) is 13.8 Å². The summed E-state index contributed by atoms with van der Waals surface area (Å²) < 4.78 is 0. The van der Waals surface area contributed by atoms with Crippen LogP contribution in [0.3, 0.4) is 0 Å². The van der Waals surface area contributed by atoms with Gasteiger partial charge in [-0.15, -0.1) is 11.3 Å². The van der Waals surface area contributed by atoms with E-state index in [0.717, 1.165) is 10.6 Å². The molecule has 110 valence electrons. The van der Waals surface area contributed by atoms with Crippen LogP contribution in [0, 0.1) is 13.8 Å². The summed E-state index contributed by atoms with van der Waals surface area (Å²) in [6, 6.07) is 4.52. The van der Waals surface area contributed by atoms with Crippen molar-refractivity contribution in [3.63, 3.8) is 0 Å². The summed E-state index contributed by atoms with van der Waals surface area (Å²) in [4.78, 5) is 28.7. The van der Waals surface area contributed by atoms with Crippen molar-refractivity contribution in [2.24, 2.45) is 0 Å². The molecule has 1 aromatic heterocycles. The maximum atomic E-state index is 11.8. The molecule has 2 aromatic rings. The summed E-state index contributed by atoms with van der Waals surface area (Å²) in [6.45, 7) is 3.71. The number of rotatable bonds is 2. The average Bonchev–Trinajstić information content (AvgIpc) is 2.66. The van der Waals surface area contributed by atoms with E-state index in [1.165, 1.54) is 29.5 Å². The maximum absolute atomic E-state index is 11.8. The zero-order valence-corrected chi connectivity index (χ0v) is 13.5. The van der Waals surface area contributed by atoms with Gasteiger partial charge in [-0.2, -0.15) is 0 Å². The number of carbonyl (C=O) groups excluding carboxylic acids is 2. The number of hydrogen-bond acceptors (Lipinski definition) is 4. The van der Waals surface area contributed by atoms with Gasteiger partial charge in [-0.05, 0) is 32.0 Å². The minimum Gasteiger partial charge on any atom is -0.318 e. The Morgan fingerprint density at radius 1 is 1.05 bits per heavy atom. The number of hydrogen-bond donors (Lipinski definition) is 2. The number of benzene rings is 1. The molecule has 0 unspecified atom stereocenters. The highest BCUT2D eigenvalue weighted by molar-refractivity contribution is 7.15. The van der Waals surface area contributed by atoms with Gasteiger partial charge in [0.2, 0.25) is 0 Å². The molecule has 0 fully saturated rings. The predicted octanol–water partition coefficient (Wildman–Crippen LogP) is 3.64. The van der Waals surface area contributed by atoms with Crippen molar-refractivity contribution in [1.82, 2.24) is 4.98 Å². The first kappa shape index (κ1) is 15.8. The van der Waals surface area contributed by atoms with E-state index in [4.69, 9.17) is 23.2 Å². The molecule has 0 spiro atoms. The number of amides is 2. The largest absolute Gasteiger partial charge is 0.318 e. The van der Waals surface area contributed by atoms with E-state index < -0.39 is 11.8 Å². The van der Waals surface area contributed by atoms with Crippen LogP contribution in [0.5, 0.6) is 0 Å². The second-order valence-electron chi connectivity index (χ2n) is 4.23. The van der Waals surface area contributed by atoms with Crippen molar-refractivity contribution in [3.8, 4) is 0 Å². The van der Waals surface area contributed by atoms with Crippen LogP contribution in [0.25, 0.3) is 0 Å². The molecule has 0 aliphatic carbocycles. The van der Waals surface area contributed by atoms with Gasteiger partial charge in [-0.3, -0.25) is 14.9 Å². The van der Waals surface area contributed by atoms with Gasteiger partial charge in [-0.25, -0.2) is 4.98 Å². The van der Waals surface area contributed by atoms with Crippen molar-refractivity contribution >= 4 is 57.2 Å². The highest BCUT2D eigenvalue weighted by Gasteiger charge is 2.16. The van der Waals surface area contributed by atoms with E-state index in [1.54, 1.807) is 0 Å². The molecule has 2 N–H and O–H groups in total. The summed E-state index contributed by atoms with van der Waals surface area (Å²) in [5.74, 6) is -1.63. The van der Waals surface area contributed by atoms with Crippen LogP contribution >= 0.6 is 34.5 Å². The number of nitrogens with one attached hydrogen (secondary N) is 2. The molecule has 0 saturated carbocycles. The Kier molecular flexibility index (Phi) is 4.82. The minimum atomic E-state index is -0.821. The number of halogens is 2. The summed E-state index contributed by atoms with van der Waals surface area (Å²) >= 11 is 12.9. The Labute approximate surface area is 135 Å². The third-order valence-electron chi connectivity index (χ3n) is 2.58. The zero-order valence-electron chi connectivity index (χ0n) is 11.2. The van der Waals surface area contributed by atoms with Gasteiger partial charge >= 0.3 is 11.8 Å². The fraction of sp³-hybridized carbons (Fsp3) is 0.154. The molecule has 0 bridgehead atoms. The lowest BCUT2D eigenvalue weighted by Gasteiger charge is -2.05. The number of nitrogens with zero attached hydrogens (tertiary/aromatic N) is 1. The summed E-state index contributed by atoms with van der Waals surface area (Å²) in [7, 11) is 0. The van der Waals surface area contributed by atoms with Crippen molar-refractivity contribution in [1.29, 1.82) is 0 Å². The van der Waals surface area contributed by atoms with E-state index >= 15 is 0 Å². The molecular formula is C13H11Cl2N3O2S. The van der Waals surface area contributed by atoms with Crippen LogP contribution in [0.15, 0.2) is 18.2 Å². The van der Waals surface area contributed by atoms with Crippen molar-refractivity contribution in [2.75, 3.05) is 10.6 Å². The molecule has 1 aromatic carbocycles. The van der Waals surface area contributed by atoms with Gasteiger partial charge in [-0.1, -0.05) is 23.2 Å². The molecule has 0 aliphatic rings. The third kappa shape index (κ3) is 4.17. The third-order valence-corrected chi connectivity index (χ3v) is 4.00. The molecule has 0 radical (unpaired) electrons. The molecule has 8 heteroatoms. The first-order valence-electron chi connectivity index (χ1n) is 5.87. The Hall–Kier alpha value is -1.63. The quantitative estimate of drug-likeness (QED) is 0.817. The van der Waals surface area contributed by atoms with Crippen molar-refractivity contribution in [2.45, 2.75) is 13.8 Å². The summed E-state index contributed by atoms with van der Waals surface area (Å²) in [5.41, 5.74) is 1.16. The smallest absolute Gasteiger partial charge is 0.315 e. The zero-order chi connectivity index (χ0) is 15.6. The Balaban J connectivity index is 2.04. The molecule has 0 aliphatic heterocycles. The standard InChI is InChI=1S/C13H11Cl2N3O2S/c1-6-7(2)21-13(16-6)18-12(20)11(19)17-10-4-8(14)3-9(15)5-10/h3-5H,1-2H3,(H,17,19)(H,16,18,20). The van der Waals surface area contributed by atoms with Gasteiger partial charge in [0, 0.05) is 20.6 Å². The predicted molar refractivity (Wildman–Crippen MR) is 85.3 cm³/mol. The Bertz CT molecular complexity index is 676. The first-order valence-corrected chi connectivity index (χ1v) is 7.45. The van der Waals surface area contributed by atoms with Gasteiger partial charge < -0.3 is 5.32 Å². The lowest BCUT2D eigenvalue weighted by Crippen LogP contribution is -2.29. The van der Waals surface area contributed by atoms with Gasteiger partial charge in [0.15, 0.2) is 5.13 Å². The molecule has 21 heavy (non-hydrogen) atoms. The van der Waals surface area contributed by atoms with E-state index in [-0.39, 0.29) is 0 Å². The molecule has 2 rings (SSSR count). The van der Waals surface area contributed by atoms with Gasteiger partial charge in [0.05, 0.1) is 5.69 Å². The van der Waals surface area contributed by atoms with Gasteiger partial charge in [0.25, 0.3) is 0 Å². The van der Waals surface area contributed by atoms with Crippen molar-refractivity contribution < 1.29 is 9.59 Å². The van der Waals surface area contributed by atoms with Crippen LogP contribution in [-0.4, -0.2) is 16.8 Å². The topological polar surface area (TPSA) is 71.1 Å².